The SMILES string of the molecule is CCOC(=O)NN=C(C)[C@@]12SC(C)=N[C@@H]1CC1C3CC=C4C[C@@H](O)CC[C@]4(C)C3CC[C@@]12C. The Morgan fingerprint density at radius 2 is 2.12 bits per heavy atom. The highest BCUT2D eigenvalue weighted by atomic mass is 32.2. The summed E-state index contributed by atoms with van der Waals surface area (Å²) in [4.78, 5) is 17.1. The molecule has 6 nitrogen and oxygen atoms in total. The van der Waals surface area contributed by atoms with Crippen LogP contribution in [-0.2, 0) is 4.74 Å². The second-order valence-corrected chi connectivity index (χ2v) is 12.8. The second-order valence-electron chi connectivity index (χ2n) is 11.4. The molecule has 5 rings (SSSR count). The van der Waals surface area contributed by atoms with Gasteiger partial charge in [-0.05, 0) is 94.3 Å². The molecule has 0 aromatic carbocycles. The molecule has 0 aromatic heterocycles. The van der Waals surface area contributed by atoms with E-state index in [1.54, 1.807) is 6.92 Å². The number of aliphatic hydroxyl groups excluding tert-OH is 1. The van der Waals surface area contributed by atoms with Crippen LogP contribution in [0.5, 0.6) is 0 Å². The number of rotatable bonds is 3. The monoisotopic (exact) mass is 473 g/mol. The van der Waals surface area contributed by atoms with Crippen LogP contribution in [0, 0.1) is 28.6 Å². The number of thioether (sulfide) groups is 1. The fourth-order valence-electron chi connectivity index (χ4n) is 8.56. The van der Waals surface area contributed by atoms with Crippen molar-refractivity contribution in [3.05, 3.63) is 11.6 Å². The van der Waals surface area contributed by atoms with Crippen LogP contribution in [0.2, 0.25) is 0 Å². The smallest absolute Gasteiger partial charge is 0.427 e. The normalized spacial score (nSPS) is 46.4. The van der Waals surface area contributed by atoms with Gasteiger partial charge in [0.15, 0.2) is 0 Å². The first-order valence-electron chi connectivity index (χ1n) is 12.7. The highest BCUT2D eigenvalue weighted by molar-refractivity contribution is 8.16. The maximum atomic E-state index is 12.0. The van der Waals surface area contributed by atoms with Gasteiger partial charge in [-0.2, -0.15) is 5.10 Å². The third kappa shape index (κ3) is 3.28. The lowest BCUT2D eigenvalue weighted by atomic mass is 9.47. The first-order valence-corrected chi connectivity index (χ1v) is 13.6. The fourth-order valence-corrected chi connectivity index (χ4v) is 10.2. The molecule has 3 saturated carbocycles. The Bertz CT molecular complexity index is 932. The van der Waals surface area contributed by atoms with Crippen molar-refractivity contribution >= 4 is 28.6 Å². The molecule has 5 aliphatic rings. The summed E-state index contributed by atoms with van der Waals surface area (Å²) in [5, 5.41) is 16.0. The Balaban J connectivity index is 1.49. The second kappa shape index (κ2) is 8.11. The lowest BCUT2D eigenvalue weighted by molar-refractivity contribution is -0.0385. The number of hydrogen-bond acceptors (Lipinski definition) is 6. The van der Waals surface area contributed by atoms with E-state index in [0.29, 0.717) is 24.4 Å². The zero-order valence-corrected chi connectivity index (χ0v) is 21.5. The molecule has 0 aromatic rings. The number of aliphatic hydroxyl groups is 1. The van der Waals surface area contributed by atoms with E-state index in [1.807, 2.05) is 11.8 Å². The molecule has 1 aliphatic heterocycles. The van der Waals surface area contributed by atoms with Gasteiger partial charge in [0, 0.05) is 0 Å². The maximum Gasteiger partial charge on any atom is 0.427 e. The standard InChI is InChI=1S/C26H39N3O3S/c1-6-32-23(31)29-28-15(2)26-22(27-16(3)33-26)14-21-19-8-7-17-13-18(30)9-11-24(17,4)20(19)10-12-25(21,26)5/h7,18-22,30H,6,8-14H2,1-5H3,(H,29,31)/t18-,19?,20?,21?,22+,24-,25-,26+/m0/s1. The van der Waals surface area contributed by atoms with E-state index in [2.05, 4.69) is 44.3 Å². The van der Waals surface area contributed by atoms with Crippen LogP contribution in [0.25, 0.3) is 0 Å². The highest BCUT2D eigenvalue weighted by Crippen LogP contribution is 2.71. The Kier molecular flexibility index (Phi) is 5.75. The quantitative estimate of drug-likeness (QED) is 0.330. The summed E-state index contributed by atoms with van der Waals surface area (Å²) < 4.78 is 4.83. The van der Waals surface area contributed by atoms with Gasteiger partial charge in [0.05, 0.1) is 34.3 Å². The summed E-state index contributed by atoms with van der Waals surface area (Å²) in [6, 6.07) is 0.204. The minimum absolute atomic E-state index is 0.0740. The first kappa shape index (κ1) is 23.4. The number of carbonyl (C=O) groups is 1. The van der Waals surface area contributed by atoms with Crippen molar-refractivity contribution in [1.29, 1.82) is 0 Å². The molecule has 7 heteroatoms. The van der Waals surface area contributed by atoms with Gasteiger partial charge in [0.2, 0.25) is 0 Å². The highest BCUT2D eigenvalue weighted by Gasteiger charge is 2.70. The van der Waals surface area contributed by atoms with Gasteiger partial charge >= 0.3 is 6.09 Å². The average molecular weight is 474 g/mol. The Morgan fingerprint density at radius 1 is 1.33 bits per heavy atom. The average Bonchev–Trinajstić information content (AvgIpc) is 3.23. The summed E-state index contributed by atoms with van der Waals surface area (Å²) in [6.45, 7) is 11.3. The van der Waals surface area contributed by atoms with Crippen LogP contribution in [0.3, 0.4) is 0 Å². The molecule has 182 valence electrons. The summed E-state index contributed by atoms with van der Waals surface area (Å²) in [5.41, 5.74) is 5.41. The van der Waals surface area contributed by atoms with Gasteiger partial charge in [-0.3, -0.25) is 4.99 Å². The predicted octanol–water partition coefficient (Wildman–Crippen LogP) is 5.31. The van der Waals surface area contributed by atoms with Crippen molar-refractivity contribution in [3.63, 3.8) is 0 Å². The minimum atomic E-state index is -0.494. The number of ether oxygens (including phenoxy) is 1. The van der Waals surface area contributed by atoms with Gasteiger partial charge in [0.25, 0.3) is 0 Å². The fraction of sp³-hybridized carbons (Fsp3) is 0.808. The molecule has 4 aliphatic carbocycles. The van der Waals surface area contributed by atoms with E-state index in [0.717, 1.165) is 49.3 Å². The molecule has 3 fully saturated rings. The lowest BCUT2D eigenvalue weighted by Gasteiger charge is -2.59. The van der Waals surface area contributed by atoms with Crippen molar-refractivity contribution in [3.8, 4) is 0 Å². The van der Waals surface area contributed by atoms with Crippen LogP contribution >= 0.6 is 11.8 Å². The predicted molar refractivity (Wildman–Crippen MR) is 134 cm³/mol. The first-order chi connectivity index (χ1) is 15.7. The number of allylic oxidation sites excluding steroid dienone is 1. The maximum absolute atomic E-state index is 12.0. The molecule has 1 heterocycles. The number of fused-ring (bicyclic) bond motifs is 7. The van der Waals surface area contributed by atoms with Gasteiger partial charge < -0.3 is 9.84 Å². The molecule has 0 radical (unpaired) electrons. The molecular formula is C26H39N3O3S. The van der Waals surface area contributed by atoms with Crippen LogP contribution in [0.1, 0.15) is 79.6 Å². The Labute approximate surface area is 202 Å². The number of aliphatic imine (C=N–C) groups is 1. The van der Waals surface area contributed by atoms with Gasteiger partial charge in [-0.25, -0.2) is 10.2 Å². The zero-order chi connectivity index (χ0) is 23.6. The Hall–Kier alpha value is -1.34. The number of hydrazone groups is 1. The summed E-state index contributed by atoms with van der Waals surface area (Å²) in [7, 11) is 0. The number of carbonyl (C=O) groups excluding carboxylic acids is 1. The van der Waals surface area contributed by atoms with E-state index in [4.69, 9.17) is 9.73 Å². The van der Waals surface area contributed by atoms with Crippen molar-refractivity contribution in [2.75, 3.05) is 6.61 Å². The molecule has 2 N–H and O–H groups in total. The van der Waals surface area contributed by atoms with Crippen LogP contribution in [-0.4, -0.2) is 45.5 Å². The number of amides is 1. The van der Waals surface area contributed by atoms with Gasteiger partial charge in [-0.15, -0.1) is 0 Å². The van der Waals surface area contributed by atoms with Crippen molar-refractivity contribution < 1.29 is 14.6 Å². The number of nitrogens with one attached hydrogen (secondary N) is 1. The summed E-state index contributed by atoms with van der Waals surface area (Å²) in [5.74, 6) is 1.92. The van der Waals surface area contributed by atoms with E-state index in [9.17, 15) is 9.90 Å². The molecule has 3 unspecified atom stereocenters. The van der Waals surface area contributed by atoms with E-state index in [-0.39, 0.29) is 27.7 Å². The Morgan fingerprint density at radius 3 is 2.88 bits per heavy atom. The van der Waals surface area contributed by atoms with Crippen molar-refractivity contribution in [1.82, 2.24) is 5.43 Å². The molecule has 1 amide bonds. The third-order valence-electron chi connectivity index (χ3n) is 10.0. The minimum Gasteiger partial charge on any atom is -0.449 e. The van der Waals surface area contributed by atoms with Crippen LogP contribution < -0.4 is 5.43 Å². The van der Waals surface area contributed by atoms with Crippen LogP contribution in [0.4, 0.5) is 4.79 Å². The van der Waals surface area contributed by atoms with Crippen LogP contribution in [0.15, 0.2) is 21.7 Å². The van der Waals surface area contributed by atoms with E-state index >= 15 is 0 Å². The van der Waals surface area contributed by atoms with Crippen molar-refractivity contribution in [2.24, 2.45) is 38.7 Å². The largest absolute Gasteiger partial charge is 0.449 e. The van der Waals surface area contributed by atoms with E-state index in [1.165, 1.54) is 12.0 Å². The summed E-state index contributed by atoms with van der Waals surface area (Å²) >= 11 is 1.88. The molecule has 8 atom stereocenters. The lowest BCUT2D eigenvalue weighted by Crippen LogP contribution is -2.57. The molecular weight excluding hydrogens is 434 g/mol. The summed E-state index contributed by atoms with van der Waals surface area (Å²) in [6.07, 6.45) is 9.31. The van der Waals surface area contributed by atoms with Gasteiger partial charge in [0.1, 0.15) is 0 Å². The number of hydrogen-bond donors (Lipinski definition) is 2. The molecule has 33 heavy (non-hydrogen) atoms. The zero-order valence-electron chi connectivity index (χ0n) is 20.7. The van der Waals surface area contributed by atoms with Gasteiger partial charge in [-0.1, -0.05) is 37.3 Å². The number of nitrogens with zero attached hydrogens (tertiary/aromatic N) is 2. The third-order valence-corrected chi connectivity index (χ3v) is 11.8. The topological polar surface area (TPSA) is 83.3 Å². The van der Waals surface area contributed by atoms with E-state index < -0.39 is 6.09 Å². The van der Waals surface area contributed by atoms with Crippen molar-refractivity contribution in [2.45, 2.75) is 96.5 Å². The molecule has 0 saturated heterocycles. The molecule has 0 bridgehead atoms. The molecule has 0 spiro atoms.